The standard InChI is InChI=1S/C33H30ClN3O4S/c1-3-41-30-12-8-7-11-24(30)19-29(37-32(39)23-9-5-4-6-10-23)33(40)36-25-15-17-27(18-16-25)42-21-31(38)35-26-14-13-22(2)28(34)20-26/h4-20H,3,21H2,1-2H3,(H,35,38)(H,36,40)(H,37,39)/b29-19-. The molecule has 4 aromatic rings. The third kappa shape index (κ3) is 8.73. The lowest BCUT2D eigenvalue weighted by atomic mass is 10.1. The van der Waals surface area contributed by atoms with Gasteiger partial charge in [-0.3, -0.25) is 14.4 Å². The molecular weight excluding hydrogens is 570 g/mol. The number of benzene rings is 4. The number of hydrogen-bond donors (Lipinski definition) is 3. The molecule has 0 bridgehead atoms. The highest BCUT2D eigenvalue weighted by Crippen LogP contribution is 2.24. The van der Waals surface area contributed by atoms with Gasteiger partial charge in [0.25, 0.3) is 11.8 Å². The lowest BCUT2D eigenvalue weighted by Gasteiger charge is -2.13. The fraction of sp³-hybridized carbons (Fsp3) is 0.121. The second-order valence-corrected chi connectivity index (χ2v) is 10.6. The summed E-state index contributed by atoms with van der Waals surface area (Å²) in [5, 5.41) is 9.01. The second-order valence-electron chi connectivity index (χ2n) is 9.13. The zero-order chi connectivity index (χ0) is 29.9. The second kappa shape index (κ2) is 14.9. The SMILES string of the molecule is CCOc1ccccc1/C=C(\NC(=O)c1ccccc1)C(=O)Nc1ccc(SCC(=O)Nc2ccc(C)c(Cl)c2)cc1. The van der Waals surface area contributed by atoms with Crippen molar-refractivity contribution >= 4 is 58.5 Å². The van der Waals surface area contributed by atoms with Gasteiger partial charge in [-0.2, -0.15) is 0 Å². The van der Waals surface area contributed by atoms with Gasteiger partial charge in [0, 0.05) is 32.4 Å². The lowest BCUT2D eigenvalue weighted by molar-refractivity contribution is -0.114. The first kappa shape index (κ1) is 30.4. The van der Waals surface area contributed by atoms with E-state index in [2.05, 4.69) is 16.0 Å². The Labute approximate surface area is 254 Å². The highest BCUT2D eigenvalue weighted by Gasteiger charge is 2.16. The molecule has 0 saturated heterocycles. The lowest BCUT2D eigenvalue weighted by Crippen LogP contribution is -2.30. The van der Waals surface area contributed by atoms with Crippen LogP contribution < -0.4 is 20.7 Å². The summed E-state index contributed by atoms with van der Waals surface area (Å²) in [6, 6.07) is 28.4. The van der Waals surface area contributed by atoms with Crippen molar-refractivity contribution in [1.82, 2.24) is 5.32 Å². The van der Waals surface area contributed by atoms with Gasteiger partial charge in [0.2, 0.25) is 5.91 Å². The summed E-state index contributed by atoms with van der Waals surface area (Å²) in [7, 11) is 0. The van der Waals surface area contributed by atoms with Crippen molar-refractivity contribution in [3.05, 3.63) is 124 Å². The average molecular weight is 600 g/mol. The van der Waals surface area contributed by atoms with E-state index in [1.54, 1.807) is 54.6 Å². The topological polar surface area (TPSA) is 96.5 Å². The number of carbonyl (C=O) groups is 3. The first-order chi connectivity index (χ1) is 20.3. The van der Waals surface area contributed by atoms with Crippen LogP contribution in [-0.4, -0.2) is 30.1 Å². The monoisotopic (exact) mass is 599 g/mol. The van der Waals surface area contributed by atoms with Crippen LogP contribution in [0.1, 0.15) is 28.4 Å². The maximum atomic E-state index is 13.4. The number of nitrogens with one attached hydrogen (secondary N) is 3. The van der Waals surface area contributed by atoms with Crippen LogP contribution in [0, 0.1) is 6.92 Å². The van der Waals surface area contributed by atoms with E-state index in [0.717, 1.165) is 10.5 Å². The van der Waals surface area contributed by atoms with Gasteiger partial charge in [0.15, 0.2) is 0 Å². The van der Waals surface area contributed by atoms with Gasteiger partial charge in [-0.15, -0.1) is 11.8 Å². The Bertz CT molecular complexity index is 1590. The highest BCUT2D eigenvalue weighted by atomic mass is 35.5. The fourth-order valence-corrected chi connectivity index (χ4v) is 4.71. The molecule has 42 heavy (non-hydrogen) atoms. The molecule has 0 aliphatic rings. The molecule has 0 aliphatic carbocycles. The Morgan fingerprint density at radius 2 is 1.55 bits per heavy atom. The number of amides is 3. The zero-order valence-corrected chi connectivity index (χ0v) is 24.7. The minimum atomic E-state index is -0.498. The van der Waals surface area contributed by atoms with Crippen LogP contribution in [-0.2, 0) is 9.59 Å². The molecule has 214 valence electrons. The van der Waals surface area contributed by atoms with E-state index in [-0.39, 0.29) is 17.4 Å². The van der Waals surface area contributed by atoms with E-state index < -0.39 is 11.8 Å². The molecule has 3 amide bonds. The predicted molar refractivity (Wildman–Crippen MR) is 170 cm³/mol. The van der Waals surface area contributed by atoms with Crippen molar-refractivity contribution in [3.8, 4) is 5.75 Å². The zero-order valence-electron chi connectivity index (χ0n) is 23.1. The molecule has 3 N–H and O–H groups in total. The van der Waals surface area contributed by atoms with Crippen LogP contribution in [0.2, 0.25) is 5.02 Å². The Hall–Kier alpha value is -4.53. The predicted octanol–water partition coefficient (Wildman–Crippen LogP) is 7.19. The van der Waals surface area contributed by atoms with Crippen LogP contribution >= 0.6 is 23.4 Å². The Morgan fingerprint density at radius 3 is 2.26 bits per heavy atom. The normalized spacial score (nSPS) is 11.0. The summed E-state index contributed by atoms with van der Waals surface area (Å²) in [6.45, 7) is 4.23. The van der Waals surface area contributed by atoms with E-state index in [0.29, 0.717) is 39.9 Å². The number of thioether (sulfide) groups is 1. The number of hydrogen-bond acceptors (Lipinski definition) is 5. The number of anilines is 2. The summed E-state index contributed by atoms with van der Waals surface area (Å²) >= 11 is 7.50. The van der Waals surface area contributed by atoms with E-state index >= 15 is 0 Å². The minimum Gasteiger partial charge on any atom is -0.493 e. The van der Waals surface area contributed by atoms with Gasteiger partial charge >= 0.3 is 0 Å². The van der Waals surface area contributed by atoms with Crippen molar-refractivity contribution in [2.75, 3.05) is 23.0 Å². The quantitative estimate of drug-likeness (QED) is 0.125. The highest BCUT2D eigenvalue weighted by molar-refractivity contribution is 8.00. The molecule has 4 rings (SSSR count). The van der Waals surface area contributed by atoms with Crippen molar-refractivity contribution in [3.63, 3.8) is 0 Å². The van der Waals surface area contributed by atoms with Crippen LogP contribution in [0.15, 0.2) is 108 Å². The van der Waals surface area contributed by atoms with Crippen LogP contribution in [0.3, 0.4) is 0 Å². The van der Waals surface area contributed by atoms with E-state index in [1.807, 2.05) is 62.4 Å². The van der Waals surface area contributed by atoms with E-state index in [1.165, 1.54) is 11.8 Å². The number of halogens is 1. The van der Waals surface area contributed by atoms with Crippen molar-refractivity contribution in [1.29, 1.82) is 0 Å². The van der Waals surface area contributed by atoms with Gasteiger partial charge in [-0.25, -0.2) is 0 Å². The number of rotatable bonds is 11. The number of aryl methyl sites for hydroxylation is 1. The molecule has 0 aromatic heterocycles. The third-order valence-corrected chi connectivity index (χ3v) is 7.40. The van der Waals surface area contributed by atoms with E-state index in [9.17, 15) is 14.4 Å². The molecule has 0 fully saturated rings. The Kier molecular flexibility index (Phi) is 10.8. The summed E-state index contributed by atoms with van der Waals surface area (Å²) in [6.07, 6.45) is 1.59. The maximum Gasteiger partial charge on any atom is 0.272 e. The number of para-hydroxylation sites is 1. The molecule has 0 aliphatic heterocycles. The molecule has 0 unspecified atom stereocenters. The van der Waals surface area contributed by atoms with Crippen LogP contribution in [0.4, 0.5) is 11.4 Å². The average Bonchev–Trinajstić information content (AvgIpc) is 3.00. The minimum absolute atomic E-state index is 0.0577. The molecular formula is C33H30ClN3O4S. The molecule has 0 atom stereocenters. The van der Waals surface area contributed by atoms with Crippen molar-refractivity contribution in [2.45, 2.75) is 18.7 Å². The summed E-state index contributed by atoms with van der Waals surface area (Å²) in [5.74, 6) is -0.274. The summed E-state index contributed by atoms with van der Waals surface area (Å²) in [5.41, 5.74) is 3.23. The smallest absolute Gasteiger partial charge is 0.272 e. The van der Waals surface area contributed by atoms with Gasteiger partial charge in [0.05, 0.1) is 12.4 Å². The van der Waals surface area contributed by atoms with E-state index in [4.69, 9.17) is 16.3 Å². The third-order valence-electron chi connectivity index (χ3n) is 5.99. The van der Waals surface area contributed by atoms with Crippen LogP contribution in [0.25, 0.3) is 6.08 Å². The fourth-order valence-electron chi connectivity index (χ4n) is 3.83. The first-order valence-corrected chi connectivity index (χ1v) is 14.6. The van der Waals surface area contributed by atoms with Gasteiger partial charge in [-0.05, 0) is 80.1 Å². The molecule has 0 radical (unpaired) electrons. The Balaban J connectivity index is 1.43. The number of ether oxygens (including phenoxy) is 1. The maximum absolute atomic E-state index is 13.4. The summed E-state index contributed by atoms with van der Waals surface area (Å²) < 4.78 is 5.70. The van der Waals surface area contributed by atoms with Crippen molar-refractivity contribution < 1.29 is 19.1 Å². The molecule has 4 aromatic carbocycles. The Morgan fingerprint density at radius 1 is 0.857 bits per heavy atom. The van der Waals surface area contributed by atoms with Crippen molar-refractivity contribution in [2.24, 2.45) is 0 Å². The first-order valence-electron chi connectivity index (χ1n) is 13.2. The largest absolute Gasteiger partial charge is 0.493 e. The molecule has 7 nitrogen and oxygen atoms in total. The van der Waals surface area contributed by atoms with Gasteiger partial charge < -0.3 is 20.7 Å². The summed E-state index contributed by atoms with van der Waals surface area (Å²) in [4.78, 5) is 39.5. The number of carbonyl (C=O) groups excluding carboxylic acids is 3. The van der Waals surface area contributed by atoms with Gasteiger partial charge in [-0.1, -0.05) is 54.1 Å². The molecule has 0 heterocycles. The van der Waals surface area contributed by atoms with Crippen LogP contribution in [0.5, 0.6) is 5.75 Å². The molecule has 0 saturated carbocycles. The molecule has 9 heteroatoms. The molecule has 0 spiro atoms. The van der Waals surface area contributed by atoms with Gasteiger partial charge in [0.1, 0.15) is 11.4 Å².